The molecule has 0 aromatic carbocycles. The van der Waals surface area contributed by atoms with Gasteiger partial charge >= 0.3 is 0 Å². The van der Waals surface area contributed by atoms with E-state index in [1.54, 1.807) is 11.3 Å². The summed E-state index contributed by atoms with van der Waals surface area (Å²) in [5.74, 6) is 0.870. The third kappa shape index (κ3) is 3.04. The van der Waals surface area contributed by atoms with Crippen LogP contribution in [0.4, 0.5) is 5.13 Å². The molecule has 1 aromatic rings. The molecule has 1 unspecified atom stereocenters. The van der Waals surface area contributed by atoms with Gasteiger partial charge in [0.15, 0.2) is 5.13 Å². The summed E-state index contributed by atoms with van der Waals surface area (Å²) in [5.41, 5.74) is 7.05. The Hall–Kier alpha value is -0.610. The van der Waals surface area contributed by atoms with E-state index >= 15 is 0 Å². The summed E-state index contributed by atoms with van der Waals surface area (Å²) in [5, 5.41) is 1.21. The molecule has 1 aliphatic heterocycles. The van der Waals surface area contributed by atoms with Gasteiger partial charge in [-0.25, -0.2) is 4.98 Å². The number of aryl methyl sites for hydroxylation is 1. The lowest BCUT2D eigenvalue weighted by atomic mass is 10.0. The topological polar surface area (TPSA) is 42.2 Å². The first-order chi connectivity index (χ1) is 8.78. The van der Waals surface area contributed by atoms with Gasteiger partial charge in [0.05, 0.1) is 5.69 Å². The largest absolute Gasteiger partial charge is 0.348 e. The van der Waals surface area contributed by atoms with Gasteiger partial charge in [-0.1, -0.05) is 26.7 Å². The Bertz CT molecular complexity index is 375. The van der Waals surface area contributed by atoms with E-state index in [1.807, 2.05) is 0 Å². The fourth-order valence-electron chi connectivity index (χ4n) is 2.75. The number of aromatic nitrogens is 1. The molecule has 18 heavy (non-hydrogen) atoms. The van der Waals surface area contributed by atoms with Crippen LogP contribution in [0, 0.1) is 5.92 Å². The van der Waals surface area contributed by atoms with Crippen molar-refractivity contribution in [3.63, 3.8) is 0 Å². The van der Waals surface area contributed by atoms with Crippen molar-refractivity contribution in [2.75, 3.05) is 18.0 Å². The highest BCUT2D eigenvalue weighted by Crippen LogP contribution is 2.32. The molecule has 1 aliphatic rings. The predicted molar refractivity (Wildman–Crippen MR) is 79.2 cm³/mol. The van der Waals surface area contributed by atoms with Gasteiger partial charge in [0, 0.05) is 24.5 Å². The zero-order chi connectivity index (χ0) is 13.0. The molecule has 0 amide bonds. The minimum Gasteiger partial charge on any atom is -0.348 e. The van der Waals surface area contributed by atoms with E-state index < -0.39 is 0 Å². The standard InChI is InChI=1S/C14H25N3S/c1-3-5-11-7-8-17(10-11)14-16-12(6-4-2)13(9-15)18-14/h11H,3-10,15H2,1-2H3. The van der Waals surface area contributed by atoms with Gasteiger partial charge in [-0.2, -0.15) is 0 Å². The van der Waals surface area contributed by atoms with Crippen LogP contribution in [0.5, 0.6) is 0 Å². The zero-order valence-corrected chi connectivity index (χ0v) is 12.4. The van der Waals surface area contributed by atoms with Gasteiger partial charge in [0.1, 0.15) is 0 Å². The van der Waals surface area contributed by atoms with Crippen molar-refractivity contribution in [2.45, 2.75) is 52.5 Å². The Balaban J connectivity index is 2.05. The summed E-state index contributed by atoms with van der Waals surface area (Å²) in [7, 11) is 0. The number of nitrogens with zero attached hydrogens (tertiary/aromatic N) is 2. The molecule has 2 heterocycles. The number of hydrogen-bond acceptors (Lipinski definition) is 4. The van der Waals surface area contributed by atoms with Crippen LogP contribution in [-0.2, 0) is 13.0 Å². The van der Waals surface area contributed by atoms with Crippen molar-refractivity contribution < 1.29 is 0 Å². The summed E-state index contributed by atoms with van der Waals surface area (Å²) in [4.78, 5) is 8.56. The molecule has 2 N–H and O–H groups in total. The van der Waals surface area contributed by atoms with Gasteiger partial charge < -0.3 is 10.6 Å². The van der Waals surface area contributed by atoms with Crippen LogP contribution in [0.2, 0.25) is 0 Å². The smallest absolute Gasteiger partial charge is 0.185 e. The maximum Gasteiger partial charge on any atom is 0.185 e. The molecule has 102 valence electrons. The van der Waals surface area contributed by atoms with Crippen molar-refractivity contribution in [3.05, 3.63) is 10.6 Å². The van der Waals surface area contributed by atoms with Gasteiger partial charge in [-0.15, -0.1) is 11.3 Å². The number of thiazole rings is 1. The molecule has 3 nitrogen and oxygen atoms in total. The Kier molecular flexibility index (Phi) is 5.01. The number of nitrogens with two attached hydrogens (primary N) is 1. The fourth-order valence-corrected chi connectivity index (χ4v) is 3.77. The molecule has 0 bridgehead atoms. The highest BCUT2D eigenvalue weighted by molar-refractivity contribution is 7.15. The van der Waals surface area contributed by atoms with Crippen LogP contribution in [-0.4, -0.2) is 18.1 Å². The van der Waals surface area contributed by atoms with Gasteiger partial charge in [-0.3, -0.25) is 0 Å². The lowest BCUT2D eigenvalue weighted by Gasteiger charge is -2.14. The molecule has 0 saturated carbocycles. The second-order valence-electron chi connectivity index (χ2n) is 5.21. The fraction of sp³-hybridized carbons (Fsp3) is 0.786. The van der Waals surface area contributed by atoms with E-state index in [9.17, 15) is 0 Å². The molecule has 2 rings (SSSR count). The SMILES string of the molecule is CCCc1nc(N2CCC(CCC)C2)sc1CN. The quantitative estimate of drug-likeness (QED) is 0.860. The molecule has 1 fully saturated rings. The summed E-state index contributed by atoms with van der Waals surface area (Å²) in [6, 6.07) is 0. The van der Waals surface area contributed by atoms with E-state index in [0.717, 1.165) is 18.8 Å². The van der Waals surface area contributed by atoms with Gasteiger partial charge in [0.2, 0.25) is 0 Å². The third-order valence-corrected chi connectivity index (χ3v) is 4.87. The molecule has 0 aliphatic carbocycles. The van der Waals surface area contributed by atoms with E-state index in [-0.39, 0.29) is 0 Å². The van der Waals surface area contributed by atoms with Crippen molar-refractivity contribution in [1.29, 1.82) is 0 Å². The number of hydrogen-bond donors (Lipinski definition) is 1. The van der Waals surface area contributed by atoms with Crippen molar-refractivity contribution in [2.24, 2.45) is 11.7 Å². The van der Waals surface area contributed by atoms with Crippen molar-refractivity contribution in [3.8, 4) is 0 Å². The normalized spacial score (nSPS) is 19.7. The Morgan fingerprint density at radius 3 is 2.89 bits per heavy atom. The number of anilines is 1. The highest BCUT2D eigenvalue weighted by Gasteiger charge is 2.24. The molecular formula is C14H25N3S. The average Bonchev–Trinajstić information content (AvgIpc) is 2.96. The summed E-state index contributed by atoms with van der Waals surface area (Å²) < 4.78 is 0. The van der Waals surface area contributed by atoms with Gasteiger partial charge in [0.25, 0.3) is 0 Å². The second-order valence-corrected chi connectivity index (χ2v) is 6.27. The third-order valence-electron chi connectivity index (χ3n) is 3.69. The van der Waals surface area contributed by atoms with E-state index in [4.69, 9.17) is 10.7 Å². The van der Waals surface area contributed by atoms with Crippen molar-refractivity contribution in [1.82, 2.24) is 4.98 Å². The summed E-state index contributed by atoms with van der Waals surface area (Å²) in [6.07, 6.45) is 6.19. The van der Waals surface area contributed by atoms with Crippen LogP contribution >= 0.6 is 11.3 Å². The molecule has 4 heteroatoms. The summed E-state index contributed by atoms with van der Waals surface area (Å²) >= 11 is 1.81. The first-order valence-electron chi connectivity index (χ1n) is 7.22. The minimum atomic E-state index is 0.638. The molecular weight excluding hydrogens is 242 g/mol. The minimum absolute atomic E-state index is 0.638. The monoisotopic (exact) mass is 267 g/mol. The zero-order valence-electron chi connectivity index (χ0n) is 11.6. The number of rotatable bonds is 6. The van der Waals surface area contributed by atoms with Crippen LogP contribution in [0.3, 0.4) is 0 Å². The van der Waals surface area contributed by atoms with E-state index in [1.165, 1.54) is 48.1 Å². The highest BCUT2D eigenvalue weighted by atomic mass is 32.1. The molecule has 1 aromatic heterocycles. The Labute approximate surface area is 114 Å². The molecule has 1 saturated heterocycles. The molecule has 0 radical (unpaired) electrons. The maximum atomic E-state index is 5.82. The maximum absolute atomic E-state index is 5.82. The van der Waals surface area contributed by atoms with Crippen LogP contribution in [0.15, 0.2) is 0 Å². The predicted octanol–water partition coefficient (Wildman–Crippen LogP) is 3.18. The first kappa shape index (κ1) is 13.8. The second kappa shape index (κ2) is 6.53. The van der Waals surface area contributed by atoms with Crippen LogP contribution in [0.25, 0.3) is 0 Å². The van der Waals surface area contributed by atoms with E-state index in [0.29, 0.717) is 6.54 Å². The molecule has 1 atom stereocenters. The lowest BCUT2D eigenvalue weighted by Crippen LogP contribution is -2.19. The first-order valence-corrected chi connectivity index (χ1v) is 8.03. The molecule has 0 spiro atoms. The van der Waals surface area contributed by atoms with E-state index in [2.05, 4.69) is 18.7 Å². The van der Waals surface area contributed by atoms with Gasteiger partial charge in [-0.05, 0) is 25.2 Å². The Morgan fingerprint density at radius 1 is 1.39 bits per heavy atom. The Morgan fingerprint density at radius 2 is 2.22 bits per heavy atom. The average molecular weight is 267 g/mol. The lowest BCUT2D eigenvalue weighted by molar-refractivity contribution is 0.529. The van der Waals surface area contributed by atoms with Crippen molar-refractivity contribution >= 4 is 16.5 Å². The van der Waals surface area contributed by atoms with Crippen LogP contribution in [0.1, 0.15) is 50.1 Å². The summed E-state index contributed by atoms with van der Waals surface area (Å²) in [6.45, 7) is 7.48. The van der Waals surface area contributed by atoms with Crippen LogP contribution < -0.4 is 10.6 Å².